The van der Waals surface area contributed by atoms with E-state index in [4.69, 9.17) is 11.6 Å². The molecular weight excluding hydrogens is 402 g/mol. The first-order valence-electron chi connectivity index (χ1n) is 9.87. The Bertz CT molecular complexity index is 1020. The van der Waals surface area contributed by atoms with Gasteiger partial charge in [0.15, 0.2) is 0 Å². The highest BCUT2D eigenvalue weighted by molar-refractivity contribution is 6.31. The predicted octanol–water partition coefficient (Wildman–Crippen LogP) is 4.11. The number of fused-ring (bicyclic) bond motifs is 1. The molecule has 2 aromatic carbocycles. The Morgan fingerprint density at radius 2 is 1.83 bits per heavy atom. The number of amides is 1. The van der Waals surface area contributed by atoms with Crippen molar-refractivity contribution in [2.45, 2.75) is 24.4 Å². The summed E-state index contributed by atoms with van der Waals surface area (Å²) in [6.45, 7) is -0.312. The molecule has 6 heteroatoms. The molecule has 1 heterocycles. The van der Waals surface area contributed by atoms with Gasteiger partial charge in [-0.15, -0.1) is 0 Å². The SMILES string of the molecule is O=C(O)[C@H]1c2ccccc2C(=O)N([C@H](CO)c2ccccc2)[C@@H]1C1C=CC(Cl)=CC1. The molecule has 0 bridgehead atoms. The normalized spacial score (nSPS) is 24.2. The number of hydrogen-bond acceptors (Lipinski definition) is 3. The van der Waals surface area contributed by atoms with Crippen molar-refractivity contribution in [2.75, 3.05) is 6.61 Å². The monoisotopic (exact) mass is 423 g/mol. The fraction of sp³-hybridized carbons (Fsp3) is 0.250. The third-order valence-electron chi connectivity index (χ3n) is 5.91. The number of nitrogens with zero attached hydrogens (tertiary/aromatic N) is 1. The number of carbonyl (C=O) groups is 2. The molecular formula is C24H22ClNO4. The molecule has 0 saturated carbocycles. The predicted molar refractivity (Wildman–Crippen MR) is 114 cm³/mol. The third kappa shape index (κ3) is 3.55. The highest BCUT2D eigenvalue weighted by Crippen LogP contribution is 2.43. The van der Waals surface area contributed by atoms with Crippen molar-refractivity contribution in [3.05, 3.63) is 94.5 Å². The molecule has 4 atom stereocenters. The van der Waals surface area contributed by atoms with Crippen molar-refractivity contribution in [1.82, 2.24) is 4.90 Å². The van der Waals surface area contributed by atoms with Gasteiger partial charge in [-0.05, 0) is 29.7 Å². The zero-order valence-electron chi connectivity index (χ0n) is 16.2. The number of halogens is 1. The maximum absolute atomic E-state index is 13.6. The fourth-order valence-electron chi connectivity index (χ4n) is 4.56. The molecule has 2 N–H and O–H groups in total. The molecule has 30 heavy (non-hydrogen) atoms. The number of aliphatic hydroxyl groups is 1. The molecule has 0 fully saturated rings. The van der Waals surface area contributed by atoms with Gasteiger partial charge in [0.05, 0.1) is 18.7 Å². The maximum Gasteiger partial charge on any atom is 0.313 e. The second kappa shape index (κ2) is 8.46. The fourth-order valence-corrected chi connectivity index (χ4v) is 4.72. The Morgan fingerprint density at radius 1 is 1.13 bits per heavy atom. The van der Waals surface area contributed by atoms with Gasteiger partial charge in [-0.3, -0.25) is 9.59 Å². The Kier molecular flexibility index (Phi) is 5.75. The quantitative estimate of drug-likeness (QED) is 0.758. The van der Waals surface area contributed by atoms with Crippen LogP contribution in [0.15, 0.2) is 77.9 Å². The lowest BCUT2D eigenvalue weighted by molar-refractivity contribution is -0.141. The lowest BCUT2D eigenvalue weighted by Crippen LogP contribution is -2.55. The van der Waals surface area contributed by atoms with Crippen LogP contribution in [0.4, 0.5) is 0 Å². The number of allylic oxidation sites excluding steroid dienone is 3. The molecule has 0 radical (unpaired) electrons. The molecule has 5 nitrogen and oxygen atoms in total. The minimum Gasteiger partial charge on any atom is -0.481 e. The minimum atomic E-state index is -0.997. The first-order valence-corrected chi connectivity index (χ1v) is 10.2. The summed E-state index contributed by atoms with van der Waals surface area (Å²) in [5.74, 6) is -2.44. The molecule has 0 spiro atoms. The van der Waals surface area contributed by atoms with Crippen LogP contribution in [0, 0.1) is 5.92 Å². The minimum absolute atomic E-state index is 0.247. The van der Waals surface area contributed by atoms with Crippen LogP contribution in [0.3, 0.4) is 0 Å². The Balaban J connectivity index is 1.89. The van der Waals surface area contributed by atoms with Gasteiger partial charge in [0.25, 0.3) is 5.91 Å². The van der Waals surface area contributed by atoms with E-state index < -0.39 is 24.0 Å². The van der Waals surface area contributed by atoms with E-state index in [1.165, 1.54) is 0 Å². The van der Waals surface area contributed by atoms with Crippen LogP contribution in [0.5, 0.6) is 0 Å². The van der Waals surface area contributed by atoms with Gasteiger partial charge in [0.2, 0.25) is 0 Å². The molecule has 1 aliphatic carbocycles. The van der Waals surface area contributed by atoms with Gasteiger partial charge >= 0.3 is 5.97 Å². The molecule has 0 saturated heterocycles. The van der Waals surface area contributed by atoms with Gasteiger partial charge in [-0.25, -0.2) is 0 Å². The summed E-state index contributed by atoms with van der Waals surface area (Å²) in [4.78, 5) is 27.7. The summed E-state index contributed by atoms with van der Waals surface area (Å²) in [6, 6.07) is 14.7. The van der Waals surface area contributed by atoms with E-state index in [1.54, 1.807) is 35.2 Å². The average molecular weight is 424 g/mol. The smallest absolute Gasteiger partial charge is 0.313 e. The van der Waals surface area contributed by atoms with Crippen LogP contribution < -0.4 is 0 Å². The van der Waals surface area contributed by atoms with E-state index >= 15 is 0 Å². The van der Waals surface area contributed by atoms with Gasteiger partial charge < -0.3 is 15.1 Å². The van der Waals surface area contributed by atoms with Crippen molar-refractivity contribution in [3.8, 4) is 0 Å². The second-order valence-electron chi connectivity index (χ2n) is 7.56. The molecule has 1 aliphatic heterocycles. The van der Waals surface area contributed by atoms with Gasteiger partial charge in [-0.2, -0.15) is 0 Å². The maximum atomic E-state index is 13.6. The number of rotatable bonds is 5. The molecule has 2 aromatic rings. The summed E-state index contributed by atoms with van der Waals surface area (Å²) in [7, 11) is 0. The molecule has 154 valence electrons. The highest BCUT2D eigenvalue weighted by Gasteiger charge is 2.48. The van der Waals surface area contributed by atoms with Crippen LogP contribution in [0.1, 0.15) is 39.9 Å². The number of carboxylic acids is 1. The van der Waals surface area contributed by atoms with E-state index in [0.29, 0.717) is 22.6 Å². The first-order chi connectivity index (χ1) is 14.5. The first kappa shape index (κ1) is 20.4. The lowest BCUT2D eigenvalue weighted by Gasteiger charge is -2.47. The van der Waals surface area contributed by atoms with Gasteiger partial charge in [0.1, 0.15) is 5.92 Å². The molecule has 1 amide bonds. The van der Waals surface area contributed by atoms with Crippen molar-refractivity contribution < 1.29 is 19.8 Å². The van der Waals surface area contributed by atoms with E-state index in [0.717, 1.165) is 5.56 Å². The van der Waals surface area contributed by atoms with Gasteiger partial charge in [0, 0.05) is 16.5 Å². The van der Waals surface area contributed by atoms with Crippen LogP contribution >= 0.6 is 11.6 Å². The Morgan fingerprint density at radius 3 is 2.47 bits per heavy atom. The number of aliphatic carboxylic acids is 1. The van der Waals surface area contributed by atoms with Crippen molar-refractivity contribution in [3.63, 3.8) is 0 Å². The zero-order chi connectivity index (χ0) is 21.3. The van der Waals surface area contributed by atoms with Crippen LogP contribution in [-0.2, 0) is 4.79 Å². The Hall–Kier alpha value is -2.89. The van der Waals surface area contributed by atoms with Crippen LogP contribution in [0.2, 0.25) is 0 Å². The van der Waals surface area contributed by atoms with Gasteiger partial charge in [-0.1, -0.05) is 72.3 Å². The van der Waals surface area contributed by atoms with E-state index in [9.17, 15) is 19.8 Å². The number of aliphatic hydroxyl groups excluding tert-OH is 1. The topological polar surface area (TPSA) is 77.8 Å². The molecule has 2 aliphatic rings. The van der Waals surface area contributed by atoms with Crippen molar-refractivity contribution in [1.29, 1.82) is 0 Å². The Labute approximate surface area is 179 Å². The molecule has 1 unspecified atom stereocenters. The van der Waals surface area contributed by atoms with E-state index in [2.05, 4.69) is 0 Å². The third-order valence-corrected chi connectivity index (χ3v) is 6.19. The molecule has 0 aromatic heterocycles. The summed E-state index contributed by atoms with van der Waals surface area (Å²) in [5.41, 5.74) is 1.63. The summed E-state index contributed by atoms with van der Waals surface area (Å²) in [6.07, 6.45) is 5.97. The zero-order valence-corrected chi connectivity index (χ0v) is 16.9. The summed E-state index contributed by atoms with van der Waals surface area (Å²) in [5, 5.41) is 21.1. The summed E-state index contributed by atoms with van der Waals surface area (Å²) < 4.78 is 0. The average Bonchev–Trinajstić information content (AvgIpc) is 2.76. The number of carboxylic acid groups (broad SMARTS) is 1. The van der Waals surface area contributed by atoms with Crippen molar-refractivity contribution >= 4 is 23.5 Å². The number of hydrogen-bond donors (Lipinski definition) is 2. The van der Waals surface area contributed by atoms with Crippen LogP contribution in [-0.4, -0.2) is 39.6 Å². The second-order valence-corrected chi connectivity index (χ2v) is 8.00. The summed E-state index contributed by atoms with van der Waals surface area (Å²) >= 11 is 6.09. The molecule has 4 rings (SSSR count). The number of benzene rings is 2. The van der Waals surface area contributed by atoms with Crippen LogP contribution in [0.25, 0.3) is 0 Å². The largest absolute Gasteiger partial charge is 0.481 e. The standard InChI is InChI=1S/C24H22ClNO4/c25-17-12-10-16(11-13-17)22-21(24(29)30)18-8-4-5-9-19(18)23(28)26(22)20(14-27)15-6-2-1-3-7-15/h1-10,12-13,16,20-22,27H,11,14H2,(H,29,30)/t16?,20-,21+,22-/m1/s1. The van der Waals surface area contributed by atoms with Crippen molar-refractivity contribution in [2.24, 2.45) is 5.92 Å². The number of carbonyl (C=O) groups excluding carboxylic acids is 1. The lowest BCUT2D eigenvalue weighted by atomic mass is 9.74. The highest BCUT2D eigenvalue weighted by atomic mass is 35.5. The van der Waals surface area contributed by atoms with E-state index in [-0.39, 0.29) is 18.4 Å². The van der Waals surface area contributed by atoms with E-state index in [1.807, 2.05) is 42.5 Å².